The Morgan fingerprint density at radius 1 is 1.04 bits per heavy atom. The molecule has 0 heterocycles. The predicted molar refractivity (Wildman–Crippen MR) is 107 cm³/mol. The molecule has 0 saturated heterocycles. The Kier molecular flexibility index (Phi) is 6.85. The highest BCUT2D eigenvalue weighted by atomic mass is 32.2. The van der Waals surface area contributed by atoms with Gasteiger partial charge in [-0.2, -0.15) is 0 Å². The van der Waals surface area contributed by atoms with Crippen LogP contribution in [-0.2, 0) is 14.8 Å². The average molecular weight is 391 g/mol. The first kappa shape index (κ1) is 20.8. The number of carbonyl (C=O) groups is 1. The zero-order valence-electron chi connectivity index (χ0n) is 16.0. The number of rotatable bonds is 8. The third-order valence-electron chi connectivity index (χ3n) is 3.86. The van der Waals surface area contributed by atoms with Crippen LogP contribution in [0.25, 0.3) is 0 Å². The van der Waals surface area contributed by atoms with E-state index in [1.54, 1.807) is 24.3 Å². The van der Waals surface area contributed by atoms with E-state index < -0.39 is 15.9 Å². The molecule has 0 aromatic heterocycles. The number of hydrogen-bond acceptors (Lipinski definition) is 4. The molecule has 1 unspecified atom stereocenters. The smallest absolute Gasteiger partial charge is 0.241 e. The van der Waals surface area contributed by atoms with E-state index in [1.807, 2.05) is 51.1 Å². The summed E-state index contributed by atoms with van der Waals surface area (Å²) in [5.74, 6) is 0.0259. The highest BCUT2D eigenvalue weighted by molar-refractivity contribution is 7.92. The van der Waals surface area contributed by atoms with E-state index in [-0.39, 0.29) is 18.7 Å². The van der Waals surface area contributed by atoms with Crippen molar-refractivity contribution in [2.75, 3.05) is 17.1 Å². The summed E-state index contributed by atoms with van der Waals surface area (Å²) >= 11 is 0. The van der Waals surface area contributed by atoms with Crippen LogP contribution in [0.5, 0.6) is 5.75 Å². The lowest BCUT2D eigenvalue weighted by Crippen LogP contribution is -2.41. The molecule has 27 heavy (non-hydrogen) atoms. The SMILES string of the molecule is CC(C)Oc1ccccc1N(CC(=O)NC(C)c1ccccc1)S(C)(=O)=O. The Balaban J connectivity index is 2.22. The number of nitrogens with one attached hydrogen (secondary N) is 1. The highest BCUT2D eigenvalue weighted by Crippen LogP contribution is 2.30. The number of ether oxygens (including phenoxy) is 1. The van der Waals surface area contributed by atoms with Crippen molar-refractivity contribution in [3.05, 3.63) is 60.2 Å². The second kappa shape index (κ2) is 8.90. The van der Waals surface area contributed by atoms with Crippen LogP contribution < -0.4 is 14.4 Å². The maximum atomic E-state index is 12.5. The van der Waals surface area contributed by atoms with E-state index in [1.165, 1.54) is 0 Å². The van der Waals surface area contributed by atoms with Gasteiger partial charge in [0.2, 0.25) is 15.9 Å². The summed E-state index contributed by atoms with van der Waals surface area (Å²) in [6.07, 6.45) is 0.951. The van der Waals surface area contributed by atoms with Gasteiger partial charge in [0, 0.05) is 0 Å². The van der Waals surface area contributed by atoms with Crippen molar-refractivity contribution in [1.29, 1.82) is 0 Å². The van der Waals surface area contributed by atoms with Gasteiger partial charge in [0.25, 0.3) is 0 Å². The van der Waals surface area contributed by atoms with Gasteiger partial charge >= 0.3 is 0 Å². The number of sulfonamides is 1. The molecule has 1 amide bonds. The van der Waals surface area contributed by atoms with Crippen LogP contribution in [-0.4, -0.2) is 33.2 Å². The average Bonchev–Trinajstić information content (AvgIpc) is 2.60. The van der Waals surface area contributed by atoms with Crippen LogP contribution in [0.3, 0.4) is 0 Å². The molecule has 6 nitrogen and oxygen atoms in total. The molecular weight excluding hydrogens is 364 g/mol. The van der Waals surface area contributed by atoms with E-state index in [9.17, 15) is 13.2 Å². The first-order chi connectivity index (χ1) is 12.7. The zero-order chi connectivity index (χ0) is 20.0. The number of para-hydroxylation sites is 2. The summed E-state index contributed by atoms with van der Waals surface area (Å²) in [5, 5.41) is 2.84. The van der Waals surface area contributed by atoms with Crippen molar-refractivity contribution >= 4 is 21.6 Å². The molecule has 7 heteroatoms. The van der Waals surface area contributed by atoms with Crippen molar-refractivity contribution in [3.63, 3.8) is 0 Å². The number of benzene rings is 2. The number of nitrogens with zero attached hydrogens (tertiary/aromatic N) is 1. The van der Waals surface area contributed by atoms with E-state index in [4.69, 9.17) is 4.74 Å². The molecule has 2 aromatic rings. The van der Waals surface area contributed by atoms with Gasteiger partial charge in [0.1, 0.15) is 12.3 Å². The highest BCUT2D eigenvalue weighted by Gasteiger charge is 2.25. The summed E-state index contributed by atoms with van der Waals surface area (Å²) in [5.41, 5.74) is 1.29. The second-order valence-corrected chi connectivity index (χ2v) is 8.51. The molecule has 2 rings (SSSR count). The maximum Gasteiger partial charge on any atom is 0.241 e. The molecule has 1 atom stereocenters. The quantitative estimate of drug-likeness (QED) is 0.751. The molecule has 0 aliphatic heterocycles. The van der Waals surface area contributed by atoms with Crippen molar-refractivity contribution in [1.82, 2.24) is 5.32 Å². The summed E-state index contributed by atoms with van der Waals surface area (Å²) in [6.45, 7) is 5.24. The van der Waals surface area contributed by atoms with E-state index in [0.29, 0.717) is 11.4 Å². The van der Waals surface area contributed by atoms with Gasteiger partial charge in [-0.15, -0.1) is 0 Å². The molecular formula is C20H26N2O4S. The Morgan fingerprint density at radius 3 is 2.22 bits per heavy atom. The lowest BCUT2D eigenvalue weighted by atomic mass is 10.1. The summed E-state index contributed by atoms with van der Waals surface area (Å²) < 4.78 is 31.5. The lowest BCUT2D eigenvalue weighted by Gasteiger charge is -2.25. The summed E-state index contributed by atoms with van der Waals surface area (Å²) in [7, 11) is -3.68. The Morgan fingerprint density at radius 2 is 1.63 bits per heavy atom. The Hall–Kier alpha value is -2.54. The molecule has 2 aromatic carbocycles. The summed E-state index contributed by atoms with van der Waals surface area (Å²) in [4.78, 5) is 12.5. The van der Waals surface area contributed by atoms with Gasteiger partial charge in [0.05, 0.1) is 24.1 Å². The standard InChI is InChI=1S/C20H26N2O4S/c1-15(2)26-19-13-9-8-12-18(19)22(27(4,24)25)14-20(23)21-16(3)17-10-6-5-7-11-17/h5-13,15-16H,14H2,1-4H3,(H,21,23). The molecule has 0 radical (unpaired) electrons. The van der Waals surface area contributed by atoms with Crippen LogP contribution in [0.15, 0.2) is 54.6 Å². The predicted octanol–water partition coefficient (Wildman–Crippen LogP) is 3.12. The summed E-state index contributed by atoms with van der Waals surface area (Å²) in [6, 6.07) is 16.1. The number of hydrogen-bond donors (Lipinski definition) is 1. The van der Waals surface area contributed by atoms with Crippen molar-refractivity contribution < 1.29 is 17.9 Å². The van der Waals surface area contributed by atoms with Gasteiger partial charge in [-0.05, 0) is 38.5 Å². The third kappa shape index (κ3) is 5.99. The first-order valence-corrected chi connectivity index (χ1v) is 10.6. The third-order valence-corrected chi connectivity index (χ3v) is 4.99. The Labute approximate surface area is 161 Å². The van der Waals surface area contributed by atoms with Gasteiger partial charge in [-0.3, -0.25) is 9.10 Å². The Bertz CT molecular complexity index is 867. The van der Waals surface area contributed by atoms with Crippen LogP contribution in [0.4, 0.5) is 5.69 Å². The van der Waals surface area contributed by atoms with Crippen molar-refractivity contribution in [3.8, 4) is 5.75 Å². The van der Waals surface area contributed by atoms with Crippen LogP contribution >= 0.6 is 0 Å². The van der Waals surface area contributed by atoms with Gasteiger partial charge in [0.15, 0.2) is 0 Å². The van der Waals surface area contributed by atoms with Gasteiger partial charge < -0.3 is 10.1 Å². The van der Waals surface area contributed by atoms with Crippen LogP contribution in [0.2, 0.25) is 0 Å². The fourth-order valence-electron chi connectivity index (χ4n) is 2.64. The minimum atomic E-state index is -3.68. The van der Waals surface area contributed by atoms with E-state index >= 15 is 0 Å². The van der Waals surface area contributed by atoms with Gasteiger partial charge in [-0.1, -0.05) is 42.5 Å². The van der Waals surface area contributed by atoms with Crippen LogP contribution in [0.1, 0.15) is 32.4 Å². The molecule has 0 fully saturated rings. The molecule has 0 aliphatic carbocycles. The number of anilines is 1. The normalized spacial score (nSPS) is 12.5. The zero-order valence-corrected chi connectivity index (χ0v) is 16.9. The molecule has 0 saturated carbocycles. The molecule has 0 aliphatic rings. The monoisotopic (exact) mass is 390 g/mol. The first-order valence-electron chi connectivity index (χ1n) is 8.76. The number of carbonyl (C=O) groups excluding carboxylic acids is 1. The molecule has 0 bridgehead atoms. The fraction of sp³-hybridized carbons (Fsp3) is 0.350. The maximum absolute atomic E-state index is 12.5. The van der Waals surface area contributed by atoms with Gasteiger partial charge in [-0.25, -0.2) is 8.42 Å². The molecule has 1 N–H and O–H groups in total. The molecule has 0 spiro atoms. The van der Waals surface area contributed by atoms with Crippen molar-refractivity contribution in [2.24, 2.45) is 0 Å². The van der Waals surface area contributed by atoms with E-state index in [0.717, 1.165) is 16.1 Å². The molecule has 146 valence electrons. The fourth-order valence-corrected chi connectivity index (χ4v) is 3.50. The van der Waals surface area contributed by atoms with E-state index in [2.05, 4.69) is 5.32 Å². The second-order valence-electron chi connectivity index (χ2n) is 6.60. The van der Waals surface area contributed by atoms with Crippen LogP contribution in [0, 0.1) is 0 Å². The minimum Gasteiger partial charge on any atom is -0.489 e. The largest absolute Gasteiger partial charge is 0.489 e. The number of amides is 1. The topological polar surface area (TPSA) is 75.7 Å². The minimum absolute atomic E-state index is 0.125. The van der Waals surface area contributed by atoms with Crippen molar-refractivity contribution in [2.45, 2.75) is 32.9 Å². The lowest BCUT2D eigenvalue weighted by molar-refractivity contribution is -0.120.